The van der Waals surface area contributed by atoms with Gasteiger partial charge in [0.05, 0.1) is 18.9 Å². The SMILES string of the molecule is NCCCC[C@H](NC(=O)[C@H](CC(=O)O)NC(=O)[C@@H](N)CC(N)=O)C(=O)O. The summed E-state index contributed by atoms with van der Waals surface area (Å²) in [5.74, 6) is -5.50. The van der Waals surface area contributed by atoms with Crippen molar-refractivity contribution in [2.75, 3.05) is 6.54 Å². The van der Waals surface area contributed by atoms with Crippen molar-refractivity contribution in [2.24, 2.45) is 17.2 Å². The Morgan fingerprint density at radius 3 is 1.92 bits per heavy atom. The molecule has 10 N–H and O–H groups in total. The minimum Gasteiger partial charge on any atom is -0.481 e. The topological polar surface area (TPSA) is 228 Å². The monoisotopic (exact) mass is 375 g/mol. The summed E-state index contributed by atoms with van der Waals surface area (Å²) < 4.78 is 0. The second-order valence-corrected chi connectivity index (χ2v) is 5.62. The average Bonchev–Trinajstić information content (AvgIpc) is 2.51. The molecule has 0 aromatic rings. The van der Waals surface area contributed by atoms with Gasteiger partial charge in [-0.1, -0.05) is 0 Å². The minimum absolute atomic E-state index is 0.0905. The predicted octanol–water partition coefficient (Wildman–Crippen LogP) is -3.15. The van der Waals surface area contributed by atoms with Gasteiger partial charge in [0.15, 0.2) is 0 Å². The van der Waals surface area contributed by atoms with Crippen LogP contribution >= 0.6 is 0 Å². The number of carbonyl (C=O) groups excluding carboxylic acids is 3. The normalized spacial score (nSPS) is 13.9. The van der Waals surface area contributed by atoms with Gasteiger partial charge in [0.2, 0.25) is 17.7 Å². The van der Waals surface area contributed by atoms with Crippen LogP contribution in [0.3, 0.4) is 0 Å². The lowest BCUT2D eigenvalue weighted by molar-refractivity contribution is -0.143. The van der Waals surface area contributed by atoms with Crippen molar-refractivity contribution < 1.29 is 34.2 Å². The Bertz CT molecular complexity index is 540. The van der Waals surface area contributed by atoms with Crippen LogP contribution in [0.1, 0.15) is 32.1 Å². The van der Waals surface area contributed by atoms with Crippen LogP contribution in [0.15, 0.2) is 0 Å². The summed E-state index contributed by atoms with van der Waals surface area (Å²) in [5.41, 5.74) is 15.7. The molecule has 3 atom stereocenters. The lowest BCUT2D eigenvalue weighted by Gasteiger charge is -2.21. The highest BCUT2D eigenvalue weighted by Crippen LogP contribution is 2.03. The number of nitrogens with one attached hydrogen (secondary N) is 2. The first-order chi connectivity index (χ1) is 12.1. The van der Waals surface area contributed by atoms with Crippen molar-refractivity contribution in [1.82, 2.24) is 10.6 Å². The number of rotatable bonds is 13. The van der Waals surface area contributed by atoms with E-state index in [1.165, 1.54) is 0 Å². The molecule has 0 heterocycles. The zero-order chi connectivity index (χ0) is 20.3. The molecule has 0 rings (SSSR count). The van der Waals surface area contributed by atoms with Crippen LogP contribution in [0.25, 0.3) is 0 Å². The Morgan fingerprint density at radius 2 is 1.46 bits per heavy atom. The second-order valence-electron chi connectivity index (χ2n) is 5.62. The van der Waals surface area contributed by atoms with E-state index in [9.17, 15) is 24.0 Å². The van der Waals surface area contributed by atoms with E-state index in [0.29, 0.717) is 19.4 Å². The largest absolute Gasteiger partial charge is 0.481 e. The van der Waals surface area contributed by atoms with Gasteiger partial charge in [-0.05, 0) is 25.8 Å². The number of unbranched alkanes of at least 4 members (excludes halogenated alkanes) is 1. The van der Waals surface area contributed by atoms with E-state index in [1.807, 2.05) is 0 Å². The summed E-state index contributed by atoms with van der Waals surface area (Å²) in [6, 6.07) is -4.19. The molecule has 0 bridgehead atoms. The number of hydrogen-bond donors (Lipinski definition) is 7. The minimum atomic E-state index is -1.56. The fourth-order valence-corrected chi connectivity index (χ4v) is 1.99. The molecule has 0 saturated carbocycles. The third-order valence-electron chi connectivity index (χ3n) is 3.33. The first-order valence-electron chi connectivity index (χ1n) is 7.87. The maximum absolute atomic E-state index is 12.2. The lowest BCUT2D eigenvalue weighted by Crippen LogP contribution is -2.55. The summed E-state index contributed by atoms with van der Waals surface area (Å²) in [5, 5.41) is 22.3. The number of carbonyl (C=O) groups is 5. The molecule has 26 heavy (non-hydrogen) atoms. The molecular weight excluding hydrogens is 350 g/mol. The fourth-order valence-electron chi connectivity index (χ4n) is 1.99. The Kier molecular flexibility index (Phi) is 10.5. The van der Waals surface area contributed by atoms with E-state index < -0.39 is 60.6 Å². The van der Waals surface area contributed by atoms with Gasteiger partial charge in [0.25, 0.3) is 0 Å². The number of carboxylic acids is 2. The van der Waals surface area contributed by atoms with Crippen molar-refractivity contribution >= 4 is 29.7 Å². The van der Waals surface area contributed by atoms with Crippen molar-refractivity contribution in [3.63, 3.8) is 0 Å². The van der Waals surface area contributed by atoms with Gasteiger partial charge in [-0.25, -0.2) is 4.79 Å². The molecule has 0 aromatic heterocycles. The van der Waals surface area contributed by atoms with Crippen LogP contribution in [-0.2, 0) is 24.0 Å². The first kappa shape index (κ1) is 23.3. The van der Waals surface area contributed by atoms with Crippen molar-refractivity contribution in [2.45, 2.75) is 50.2 Å². The summed E-state index contributed by atoms with van der Waals surface area (Å²) >= 11 is 0. The highest BCUT2D eigenvalue weighted by atomic mass is 16.4. The molecular formula is C14H25N5O7. The quantitative estimate of drug-likeness (QED) is 0.161. The van der Waals surface area contributed by atoms with Gasteiger partial charge in [0.1, 0.15) is 12.1 Å². The van der Waals surface area contributed by atoms with Crippen LogP contribution in [0.2, 0.25) is 0 Å². The van der Waals surface area contributed by atoms with Gasteiger partial charge >= 0.3 is 11.9 Å². The van der Waals surface area contributed by atoms with Crippen LogP contribution in [0.4, 0.5) is 0 Å². The summed E-state index contributed by atoms with van der Waals surface area (Å²) in [4.78, 5) is 56.9. The molecule has 0 spiro atoms. The van der Waals surface area contributed by atoms with E-state index >= 15 is 0 Å². The van der Waals surface area contributed by atoms with Gasteiger partial charge in [-0.2, -0.15) is 0 Å². The van der Waals surface area contributed by atoms with E-state index in [2.05, 4.69) is 10.6 Å². The van der Waals surface area contributed by atoms with Gasteiger partial charge < -0.3 is 38.0 Å². The van der Waals surface area contributed by atoms with Crippen molar-refractivity contribution in [1.29, 1.82) is 0 Å². The predicted molar refractivity (Wildman–Crippen MR) is 88.4 cm³/mol. The number of hydrogen-bond acceptors (Lipinski definition) is 7. The molecule has 3 amide bonds. The van der Waals surface area contributed by atoms with Crippen molar-refractivity contribution in [3.8, 4) is 0 Å². The number of nitrogens with two attached hydrogens (primary N) is 3. The number of amides is 3. The molecule has 0 aliphatic heterocycles. The number of aliphatic carboxylic acids is 2. The third-order valence-corrected chi connectivity index (χ3v) is 3.33. The lowest BCUT2D eigenvalue weighted by atomic mass is 10.1. The average molecular weight is 375 g/mol. The molecule has 148 valence electrons. The summed E-state index contributed by atoms with van der Waals surface area (Å²) in [7, 11) is 0. The molecule has 12 heteroatoms. The summed E-state index contributed by atoms with van der Waals surface area (Å²) in [6.45, 7) is 0.357. The number of carboxylic acid groups (broad SMARTS) is 2. The van der Waals surface area contributed by atoms with E-state index in [1.54, 1.807) is 0 Å². The maximum atomic E-state index is 12.2. The summed E-state index contributed by atoms with van der Waals surface area (Å²) in [6.07, 6.45) is -0.211. The molecule has 0 aromatic carbocycles. The molecule has 0 unspecified atom stereocenters. The maximum Gasteiger partial charge on any atom is 0.326 e. The Balaban J connectivity index is 5.00. The van der Waals surface area contributed by atoms with Crippen LogP contribution < -0.4 is 27.8 Å². The molecule has 0 radical (unpaired) electrons. The van der Waals surface area contributed by atoms with E-state index in [0.717, 1.165) is 0 Å². The Morgan fingerprint density at radius 1 is 0.885 bits per heavy atom. The first-order valence-corrected chi connectivity index (χ1v) is 7.87. The van der Waals surface area contributed by atoms with Crippen LogP contribution in [-0.4, -0.2) is 64.5 Å². The van der Waals surface area contributed by atoms with E-state index in [-0.39, 0.29) is 6.42 Å². The van der Waals surface area contributed by atoms with Crippen LogP contribution in [0.5, 0.6) is 0 Å². The van der Waals surface area contributed by atoms with Gasteiger partial charge in [0, 0.05) is 0 Å². The second kappa shape index (κ2) is 11.8. The zero-order valence-corrected chi connectivity index (χ0v) is 14.1. The van der Waals surface area contributed by atoms with Crippen LogP contribution in [0, 0.1) is 0 Å². The molecule has 0 fully saturated rings. The molecule has 12 nitrogen and oxygen atoms in total. The third kappa shape index (κ3) is 9.54. The van der Waals surface area contributed by atoms with E-state index in [4.69, 9.17) is 27.4 Å². The fraction of sp³-hybridized carbons (Fsp3) is 0.643. The number of primary amides is 1. The zero-order valence-electron chi connectivity index (χ0n) is 14.1. The van der Waals surface area contributed by atoms with Gasteiger partial charge in [-0.15, -0.1) is 0 Å². The Hall–Kier alpha value is -2.73. The standard InChI is InChI=1S/C14H25N5O7/c15-4-2-1-3-8(14(25)26)18-13(24)9(6-11(21)22)19-12(23)7(16)5-10(17)20/h7-9H,1-6,15-16H2,(H2,17,20)(H,18,24)(H,19,23)(H,21,22)(H,25,26)/t7-,8-,9-/m0/s1. The molecule has 0 saturated heterocycles. The molecule has 0 aliphatic carbocycles. The smallest absolute Gasteiger partial charge is 0.326 e. The van der Waals surface area contributed by atoms with Gasteiger partial charge in [-0.3, -0.25) is 19.2 Å². The molecule has 0 aliphatic rings. The highest BCUT2D eigenvalue weighted by molar-refractivity contribution is 5.95. The van der Waals surface area contributed by atoms with Crippen molar-refractivity contribution in [3.05, 3.63) is 0 Å². The highest BCUT2D eigenvalue weighted by Gasteiger charge is 2.29. The Labute approximate surface area is 149 Å².